The number of amides is 1. The number of aryl methyl sites for hydroxylation is 1. The van der Waals surface area contributed by atoms with Crippen molar-refractivity contribution in [3.05, 3.63) is 82.9 Å². The SMILES string of the molecule is COc1ccc2c(c1)[C@H]1NC(=S)N(c3ccc(C)cc3)[C@@](C)(O2)[C@@H]1C(=O)Nc1ccc(Cl)cc1. The Hall–Kier alpha value is -3.29. The first-order chi connectivity index (χ1) is 16.3. The lowest BCUT2D eigenvalue weighted by Gasteiger charge is -2.56. The molecule has 8 heteroatoms. The average Bonchev–Trinajstić information content (AvgIpc) is 2.81. The molecule has 6 nitrogen and oxygen atoms in total. The summed E-state index contributed by atoms with van der Waals surface area (Å²) >= 11 is 11.8. The van der Waals surface area contributed by atoms with Crippen LogP contribution in [0.25, 0.3) is 0 Å². The Labute approximate surface area is 208 Å². The third-order valence-corrected chi connectivity index (χ3v) is 6.94. The van der Waals surface area contributed by atoms with Crippen molar-refractivity contribution in [2.45, 2.75) is 25.6 Å². The molecule has 0 unspecified atom stereocenters. The van der Waals surface area contributed by atoms with Crippen LogP contribution in [0.2, 0.25) is 5.02 Å². The van der Waals surface area contributed by atoms with E-state index in [1.807, 2.05) is 61.2 Å². The molecular formula is C26H24ClN3O3S. The van der Waals surface area contributed by atoms with Gasteiger partial charge in [0.1, 0.15) is 17.4 Å². The first kappa shape index (κ1) is 22.5. The molecule has 1 saturated heterocycles. The molecule has 3 aromatic rings. The predicted molar refractivity (Wildman–Crippen MR) is 138 cm³/mol. The van der Waals surface area contributed by atoms with Gasteiger partial charge in [-0.2, -0.15) is 0 Å². The second kappa shape index (κ2) is 8.49. The number of nitrogens with zero attached hydrogens (tertiary/aromatic N) is 1. The Balaban J connectivity index is 1.62. The standard InChI is InChI=1S/C26H24ClN3O3S/c1-15-4-10-18(11-5-15)30-25(34)29-23-20-14-19(32-3)12-13-21(20)33-26(30,2)22(23)24(31)28-17-8-6-16(27)7-9-17/h4-14,22-23H,1-3H3,(H,28,31)(H,29,34)/t22-,23+,26-/m0/s1. The van der Waals surface area contributed by atoms with Crippen LogP contribution >= 0.6 is 23.8 Å². The number of benzene rings is 3. The molecule has 0 radical (unpaired) electrons. The number of halogens is 1. The molecule has 1 amide bonds. The Kier molecular flexibility index (Phi) is 5.62. The van der Waals surface area contributed by atoms with E-state index >= 15 is 0 Å². The molecule has 0 aromatic heterocycles. The summed E-state index contributed by atoms with van der Waals surface area (Å²) in [6.45, 7) is 3.93. The van der Waals surface area contributed by atoms with Gasteiger partial charge in [-0.3, -0.25) is 9.69 Å². The molecule has 0 saturated carbocycles. The van der Waals surface area contributed by atoms with Gasteiger partial charge >= 0.3 is 0 Å². The zero-order chi connectivity index (χ0) is 24.0. The van der Waals surface area contributed by atoms with E-state index in [0.29, 0.717) is 27.3 Å². The van der Waals surface area contributed by atoms with E-state index in [1.165, 1.54) is 0 Å². The zero-order valence-electron chi connectivity index (χ0n) is 19.0. The Morgan fingerprint density at radius 1 is 1.15 bits per heavy atom. The van der Waals surface area contributed by atoms with Crippen LogP contribution in [0.1, 0.15) is 24.1 Å². The molecular weight excluding hydrogens is 470 g/mol. The summed E-state index contributed by atoms with van der Waals surface area (Å²) in [5.74, 6) is 0.513. The fourth-order valence-corrected chi connectivity index (χ4v) is 5.26. The van der Waals surface area contributed by atoms with Crippen LogP contribution in [-0.4, -0.2) is 23.9 Å². The van der Waals surface area contributed by atoms with Crippen molar-refractivity contribution >= 4 is 46.2 Å². The van der Waals surface area contributed by atoms with Gasteiger partial charge in [0.25, 0.3) is 0 Å². The van der Waals surface area contributed by atoms with Gasteiger partial charge in [-0.1, -0.05) is 29.3 Å². The highest BCUT2D eigenvalue weighted by Crippen LogP contribution is 2.50. The molecule has 2 bridgehead atoms. The largest absolute Gasteiger partial charge is 0.497 e. The van der Waals surface area contributed by atoms with Crippen molar-refractivity contribution in [2.75, 3.05) is 17.3 Å². The van der Waals surface area contributed by atoms with E-state index in [0.717, 1.165) is 16.8 Å². The maximum absolute atomic E-state index is 13.8. The van der Waals surface area contributed by atoms with Gasteiger partial charge in [0.2, 0.25) is 5.91 Å². The third-order valence-electron chi connectivity index (χ3n) is 6.39. The minimum absolute atomic E-state index is 0.199. The van der Waals surface area contributed by atoms with Gasteiger partial charge in [0.15, 0.2) is 10.8 Å². The number of anilines is 2. The highest BCUT2D eigenvalue weighted by atomic mass is 35.5. The van der Waals surface area contributed by atoms with Gasteiger partial charge < -0.3 is 20.1 Å². The van der Waals surface area contributed by atoms with Crippen LogP contribution in [0, 0.1) is 12.8 Å². The molecule has 34 heavy (non-hydrogen) atoms. The second-order valence-electron chi connectivity index (χ2n) is 8.63. The van der Waals surface area contributed by atoms with Crippen LogP contribution < -0.4 is 25.0 Å². The molecule has 2 aliphatic heterocycles. The Morgan fingerprint density at radius 3 is 2.53 bits per heavy atom. The number of hydrogen-bond acceptors (Lipinski definition) is 4. The van der Waals surface area contributed by atoms with E-state index < -0.39 is 17.7 Å². The second-order valence-corrected chi connectivity index (χ2v) is 9.46. The Bertz CT molecular complexity index is 1270. The van der Waals surface area contributed by atoms with Crippen molar-refractivity contribution in [1.29, 1.82) is 0 Å². The van der Waals surface area contributed by atoms with Crippen molar-refractivity contribution < 1.29 is 14.3 Å². The van der Waals surface area contributed by atoms with Crippen LogP contribution in [0.15, 0.2) is 66.7 Å². The van der Waals surface area contributed by atoms with E-state index in [2.05, 4.69) is 10.6 Å². The number of nitrogens with one attached hydrogen (secondary N) is 2. The van der Waals surface area contributed by atoms with Gasteiger partial charge in [0.05, 0.1) is 13.2 Å². The monoisotopic (exact) mass is 493 g/mol. The highest BCUT2D eigenvalue weighted by Gasteiger charge is 2.59. The number of fused-ring (bicyclic) bond motifs is 4. The van der Waals surface area contributed by atoms with Gasteiger partial charge in [-0.15, -0.1) is 0 Å². The van der Waals surface area contributed by atoms with E-state index in [1.54, 1.807) is 31.4 Å². The molecule has 3 atom stereocenters. The van der Waals surface area contributed by atoms with Crippen molar-refractivity contribution in [1.82, 2.24) is 5.32 Å². The third kappa shape index (κ3) is 3.75. The smallest absolute Gasteiger partial charge is 0.236 e. The number of methoxy groups -OCH3 is 1. The van der Waals surface area contributed by atoms with Crippen molar-refractivity contribution in [3.63, 3.8) is 0 Å². The minimum Gasteiger partial charge on any atom is -0.497 e. The van der Waals surface area contributed by atoms with E-state index in [9.17, 15) is 4.79 Å². The van der Waals surface area contributed by atoms with Crippen LogP contribution in [0.4, 0.5) is 11.4 Å². The summed E-state index contributed by atoms with van der Waals surface area (Å²) in [6.07, 6.45) is 0. The summed E-state index contributed by atoms with van der Waals surface area (Å²) in [5, 5.41) is 7.52. The summed E-state index contributed by atoms with van der Waals surface area (Å²) < 4.78 is 12.0. The predicted octanol–water partition coefficient (Wildman–Crippen LogP) is 5.46. The average molecular weight is 494 g/mol. The molecule has 174 valence electrons. The van der Waals surface area contributed by atoms with Crippen molar-refractivity contribution in [2.24, 2.45) is 5.92 Å². The fourth-order valence-electron chi connectivity index (χ4n) is 4.72. The van der Waals surface area contributed by atoms with Gasteiger partial charge in [-0.25, -0.2) is 0 Å². The number of rotatable bonds is 4. The molecule has 0 aliphatic carbocycles. The molecule has 2 N–H and O–H groups in total. The van der Waals surface area contributed by atoms with Crippen LogP contribution in [0.3, 0.4) is 0 Å². The van der Waals surface area contributed by atoms with Crippen molar-refractivity contribution in [3.8, 4) is 11.5 Å². The summed E-state index contributed by atoms with van der Waals surface area (Å²) in [6, 6.07) is 20.2. The topological polar surface area (TPSA) is 62.8 Å². The lowest BCUT2D eigenvalue weighted by molar-refractivity contribution is -0.130. The maximum atomic E-state index is 13.8. The maximum Gasteiger partial charge on any atom is 0.236 e. The molecule has 5 rings (SSSR count). The number of thiocarbonyl (C=S) groups is 1. The molecule has 3 aromatic carbocycles. The fraction of sp³-hybridized carbons (Fsp3) is 0.231. The first-order valence-electron chi connectivity index (χ1n) is 10.9. The molecule has 0 spiro atoms. The zero-order valence-corrected chi connectivity index (χ0v) is 20.5. The summed E-state index contributed by atoms with van der Waals surface area (Å²) in [4.78, 5) is 15.7. The van der Waals surface area contributed by atoms with Gasteiger partial charge in [-0.05, 0) is 80.7 Å². The molecule has 2 aliphatic rings. The van der Waals surface area contributed by atoms with Crippen LogP contribution in [0.5, 0.6) is 11.5 Å². The summed E-state index contributed by atoms with van der Waals surface area (Å²) in [7, 11) is 1.61. The first-order valence-corrected chi connectivity index (χ1v) is 11.7. The number of ether oxygens (including phenoxy) is 2. The number of carbonyl (C=O) groups excluding carboxylic acids is 1. The lowest BCUT2D eigenvalue weighted by atomic mass is 9.78. The summed E-state index contributed by atoms with van der Waals surface area (Å²) in [5.41, 5.74) is 2.35. The van der Waals surface area contributed by atoms with E-state index in [-0.39, 0.29) is 5.91 Å². The molecule has 1 fully saturated rings. The van der Waals surface area contributed by atoms with E-state index in [4.69, 9.17) is 33.3 Å². The highest BCUT2D eigenvalue weighted by molar-refractivity contribution is 7.80. The Morgan fingerprint density at radius 2 is 1.85 bits per heavy atom. The van der Waals surface area contributed by atoms with Crippen LogP contribution in [-0.2, 0) is 4.79 Å². The number of carbonyl (C=O) groups is 1. The van der Waals surface area contributed by atoms with Gasteiger partial charge in [0, 0.05) is 22.0 Å². The molecule has 2 heterocycles. The minimum atomic E-state index is -1.08. The number of hydrogen-bond donors (Lipinski definition) is 2. The normalized spacial score (nSPS) is 22.8. The lowest BCUT2D eigenvalue weighted by Crippen LogP contribution is -2.72. The quantitative estimate of drug-likeness (QED) is 0.471.